The SMILES string of the molecule is CCCCN(CCCC)c1ccc([NH+](c2ccc(N(CCCC)CCCC)cc2)c2ccc([NH+](c3ccc(N(CCCC)CCCC)cc3)c3ccc(N(CCCC)CCCC)cc3)cc2)cc1.[F-].[F-]. The summed E-state index contributed by atoms with van der Waals surface area (Å²) in [6, 6.07) is 47.5. The third-order valence-electron chi connectivity index (χ3n) is 13.8. The van der Waals surface area contributed by atoms with Crippen LogP contribution >= 0.6 is 0 Å². The van der Waals surface area contributed by atoms with Gasteiger partial charge in [-0.2, -0.15) is 0 Å². The van der Waals surface area contributed by atoms with Gasteiger partial charge in [0, 0.05) is 148 Å². The maximum Gasteiger partial charge on any atom is 0.141 e. The molecule has 386 valence electrons. The molecular formula is C62H94F2N6. The maximum atomic E-state index is 2.60. The smallest absolute Gasteiger partial charge is 0.141 e. The number of halogens is 2. The first kappa shape index (κ1) is 59.4. The molecule has 2 N–H and O–H groups in total. The average molecular weight is 961 g/mol. The number of benzene rings is 5. The molecule has 0 radical (unpaired) electrons. The van der Waals surface area contributed by atoms with E-state index in [4.69, 9.17) is 0 Å². The van der Waals surface area contributed by atoms with Crippen LogP contribution in [0, 0.1) is 0 Å². The molecule has 0 saturated heterocycles. The molecule has 0 aliphatic carbocycles. The number of nitrogens with one attached hydrogen (secondary N) is 2. The van der Waals surface area contributed by atoms with Crippen LogP contribution in [0.4, 0.5) is 56.9 Å². The zero-order valence-corrected chi connectivity index (χ0v) is 45.1. The van der Waals surface area contributed by atoms with E-state index in [1.165, 1.54) is 169 Å². The Morgan fingerprint density at radius 2 is 0.357 bits per heavy atom. The Morgan fingerprint density at radius 1 is 0.229 bits per heavy atom. The van der Waals surface area contributed by atoms with E-state index in [1.807, 2.05) is 0 Å². The second-order valence-corrected chi connectivity index (χ2v) is 19.3. The fourth-order valence-electron chi connectivity index (χ4n) is 9.43. The first-order valence-corrected chi connectivity index (χ1v) is 27.7. The van der Waals surface area contributed by atoms with E-state index in [-0.39, 0.29) is 9.41 Å². The van der Waals surface area contributed by atoms with Crippen LogP contribution in [-0.4, -0.2) is 52.4 Å². The van der Waals surface area contributed by atoms with Crippen LogP contribution < -0.4 is 38.8 Å². The van der Waals surface area contributed by atoms with E-state index in [0.29, 0.717) is 0 Å². The van der Waals surface area contributed by atoms with Crippen molar-refractivity contribution in [3.8, 4) is 0 Å². The van der Waals surface area contributed by atoms with Gasteiger partial charge < -0.3 is 29.0 Å². The standard InChI is InChI=1S/C62H92N6.2FH/c1-9-17-45-63(46-18-10-2)53-25-33-57(34-26-53)67(58-35-27-54(28-36-58)64(47-19-11-3)48-20-12-4)61-41-43-62(44-42-61)68(59-37-29-55(30-38-59)65(49-21-13-5)50-22-14-6)60-39-31-56(32-40-60)66(51-23-15-7)52-24-16-8;;/h25-44H,9-24,45-52H2,1-8H3;2*1H. The number of quaternary nitrogens is 2. The van der Waals surface area contributed by atoms with Gasteiger partial charge in [-0.3, -0.25) is 0 Å². The molecule has 5 rings (SSSR count). The van der Waals surface area contributed by atoms with Gasteiger partial charge in [0.15, 0.2) is 0 Å². The molecule has 0 aliphatic rings. The van der Waals surface area contributed by atoms with Crippen molar-refractivity contribution < 1.29 is 19.2 Å². The van der Waals surface area contributed by atoms with Crippen LogP contribution in [0.5, 0.6) is 0 Å². The van der Waals surface area contributed by atoms with E-state index in [9.17, 15) is 0 Å². The number of anilines is 4. The van der Waals surface area contributed by atoms with Gasteiger partial charge in [0.05, 0.1) is 0 Å². The minimum atomic E-state index is 0. The number of rotatable bonds is 34. The van der Waals surface area contributed by atoms with E-state index < -0.39 is 0 Å². The van der Waals surface area contributed by atoms with E-state index in [2.05, 4.69) is 196 Å². The lowest BCUT2D eigenvalue weighted by Gasteiger charge is -2.27. The molecule has 5 aromatic rings. The van der Waals surface area contributed by atoms with Crippen LogP contribution in [0.25, 0.3) is 0 Å². The summed E-state index contributed by atoms with van der Waals surface area (Å²) < 4.78 is 0. The van der Waals surface area contributed by atoms with Crippen molar-refractivity contribution in [1.82, 2.24) is 0 Å². The Labute approximate surface area is 425 Å². The monoisotopic (exact) mass is 961 g/mol. The lowest BCUT2D eigenvalue weighted by Crippen LogP contribution is -3.00. The van der Waals surface area contributed by atoms with Gasteiger partial charge in [0.1, 0.15) is 34.1 Å². The predicted molar refractivity (Wildman–Crippen MR) is 300 cm³/mol. The molecular weight excluding hydrogens is 867 g/mol. The Kier molecular flexibility index (Phi) is 28.5. The van der Waals surface area contributed by atoms with Crippen LogP contribution in [0.2, 0.25) is 0 Å². The summed E-state index contributed by atoms with van der Waals surface area (Å²) in [5.41, 5.74) is 12.8. The highest BCUT2D eigenvalue weighted by atomic mass is 19.0. The fourth-order valence-corrected chi connectivity index (χ4v) is 9.43. The van der Waals surface area contributed by atoms with Crippen molar-refractivity contribution >= 4 is 56.9 Å². The number of nitrogens with zero attached hydrogens (tertiary/aromatic N) is 4. The van der Waals surface area contributed by atoms with Crippen molar-refractivity contribution in [3.05, 3.63) is 121 Å². The molecule has 8 heteroatoms. The highest BCUT2D eigenvalue weighted by Crippen LogP contribution is 2.27. The molecule has 5 aromatic carbocycles. The summed E-state index contributed by atoms with van der Waals surface area (Å²) >= 11 is 0. The lowest BCUT2D eigenvalue weighted by molar-refractivity contribution is -0.684. The molecule has 70 heavy (non-hydrogen) atoms. The summed E-state index contributed by atoms with van der Waals surface area (Å²) in [7, 11) is 0. The Bertz CT molecular complexity index is 1750. The molecule has 6 nitrogen and oxygen atoms in total. The average Bonchev–Trinajstić information content (AvgIpc) is 3.38. The normalized spacial score (nSPS) is 11.1. The van der Waals surface area contributed by atoms with Gasteiger partial charge >= 0.3 is 0 Å². The zero-order chi connectivity index (χ0) is 48.4. The summed E-state index contributed by atoms with van der Waals surface area (Å²) in [5, 5.41) is 0. The third kappa shape index (κ3) is 17.7. The molecule has 0 heterocycles. The second kappa shape index (κ2) is 33.6. The van der Waals surface area contributed by atoms with Gasteiger partial charge in [-0.15, -0.1) is 0 Å². The molecule has 0 saturated carbocycles. The largest absolute Gasteiger partial charge is 1.00 e. The molecule has 0 spiro atoms. The summed E-state index contributed by atoms with van der Waals surface area (Å²) in [4.78, 5) is 13.0. The van der Waals surface area contributed by atoms with Crippen LogP contribution in [0.1, 0.15) is 158 Å². The van der Waals surface area contributed by atoms with Gasteiger partial charge in [0.2, 0.25) is 0 Å². The van der Waals surface area contributed by atoms with E-state index in [0.717, 1.165) is 52.4 Å². The van der Waals surface area contributed by atoms with Crippen molar-refractivity contribution in [2.45, 2.75) is 158 Å². The van der Waals surface area contributed by atoms with E-state index >= 15 is 0 Å². The van der Waals surface area contributed by atoms with E-state index in [1.54, 1.807) is 0 Å². The quantitative estimate of drug-likeness (QED) is 0.0429. The summed E-state index contributed by atoms with van der Waals surface area (Å²) in [6.45, 7) is 27.3. The van der Waals surface area contributed by atoms with Crippen LogP contribution in [0.3, 0.4) is 0 Å². The Balaban J connectivity index is 0.00000648. The number of hydrogen-bond donors (Lipinski definition) is 2. The maximum absolute atomic E-state index is 2.60. The number of unbranched alkanes of at least 4 members (excludes halogenated alkanes) is 8. The molecule has 0 amide bonds. The Hall–Kier alpha value is -4.92. The minimum Gasteiger partial charge on any atom is -1.00 e. The first-order chi connectivity index (χ1) is 33.4. The topological polar surface area (TPSA) is 21.8 Å². The summed E-state index contributed by atoms with van der Waals surface area (Å²) in [6.07, 6.45) is 19.4. The third-order valence-corrected chi connectivity index (χ3v) is 13.8. The second-order valence-electron chi connectivity index (χ2n) is 19.3. The summed E-state index contributed by atoms with van der Waals surface area (Å²) in [5.74, 6) is 0. The molecule has 0 bridgehead atoms. The Morgan fingerprint density at radius 3 is 0.486 bits per heavy atom. The fraction of sp³-hybridized carbons (Fsp3) is 0.516. The van der Waals surface area contributed by atoms with Crippen LogP contribution in [-0.2, 0) is 0 Å². The molecule has 0 aliphatic heterocycles. The highest BCUT2D eigenvalue weighted by Gasteiger charge is 2.25. The molecule has 0 unspecified atom stereocenters. The van der Waals surface area contributed by atoms with Crippen molar-refractivity contribution in [2.24, 2.45) is 0 Å². The lowest BCUT2D eigenvalue weighted by atomic mass is 10.1. The van der Waals surface area contributed by atoms with Crippen LogP contribution in [0.15, 0.2) is 121 Å². The van der Waals surface area contributed by atoms with Crippen molar-refractivity contribution in [1.29, 1.82) is 0 Å². The predicted octanol–water partition coefficient (Wildman–Crippen LogP) is 9.68. The number of hydrogen-bond acceptors (Lipinski definition) is 4. The molecule has 0 fully saturated rings. The molecule has 0 aromatic heterocycles. The minimum absolute atomic E-state index is 0. The van der Waals surface area contributed by atoms with Crippen molar-refractivity contribution in [3.63, 3.8) is 0 Å². The first-order valence-electron chi connectivity index (χ1n) is 27.7. The van der Waals surface area contributed by atoms with Gasteiger partial charge in [-0.1, -0.05) is 107 Å². The molecule has 0 atom stereocenters. The van der Waals surface area contributed by atoms with Gasteiger partial charge in [0.25, 0.3) is 0 Å². The van der Waals surface area contributed by atoms with Gasteiger partial charge in [-0.25, -0.2) is 9.80 Å². The zero-order valence-electron chi connectivity index (χ0n) is 45.1. The highest BCUT2D eigenvalue weighted by molar-refractivity contribution is 5.60. The van der Waals surface area contributed by atoms with Gasteiger partial charge in [-0.05, 0) is 99.9 Å². The van der Waals surface area contributed by atoms with Crippen molar-refractivity contribution in [2.75, 3.05) is 72.0 Å².